The molecule has 1 aliphatic carbocycles. The molecule has 3 unspecified atom stereocenters. The second kappa shape index (κ2) is 5.12. The van der Waals surface area contributed by atoms with E-state index in [-0.39, 0.29) is 29.3 Å². The molecule has 0 fully saturated rings. The Labute approximate surface area is 133 Å². The van der Waals surface area contributed by atoms with Gasteiger partial charge in [0.2, 0.25) is 0 Å². The van der Waals surface area contributed by atoms with Crippen molar-refractivity contribution in [3.8, 4) is 5.75 Å². The average molecular weight is 308 g/mol. The standard InChI is InChI=1S/C18H16N2O3/c21-17-9-8-11(20(22)23)10-15(17)18-14-6-3-5-12(14)13-4-1-2-7-16(13)19-18/h1-5,7-10,12,14,18-19,21H,6H2. The predicted octanol–water partition coefficient (Wildman–Crippen LogP) is 4.13. The van der Waals surface area contributed by atoms with E-state index in [1.165, 1.54) is 23.8 Å². The molecule has 1 aliphatic heterocycles. The number of benzene rings is 2. The van der Waals surface area contributed by atoms with Gasteiger partial charge in [-0.15, -0.1) is 0 Å². The molecule has 2 N–H and O–H groups in total. The van der Waals surface area contributed by atoms with Crippen molar-refractivity contribution in [1.29, 1.82) is 0 Å². The third kappa shape index (κ3) is 2.16. The lowest BCUT2D eigenvalue weighted by atomic mass is 9.77. The molecule has 0 radical (unpaired) electrons. The summed E-state index contributed by atoms with van der Waals surface area (Å²) in [5.41, 5.74) is 2.86. The van der Waals surface area contributed by atoms with E-state index in [0.717, 1.165) is 12.1 Å². The topological polar surface area (TPSA) is 75.4 Å². The highest BCUT2D eigenvalue weighted by molar-refractivity contribution is 5.61. The normalized spacial score (nSPS) is 24.6. The average Bonchev–Trinajstić information content (AvgIpc) is 3.04. The minimum absolute atomic E-state index is 0.000893. The Morgan fingerprint density at radius 3 is 2.83 bits per heavy atom. The first-order valence-corrected chi connectivity index (χ1v) is 7.64. The summed E-state index contributed by atoms with van der Waals surface area (Å²) in [6, 6.07) is 12.2. The summed E-state index contributed by atoms with van der Waals surface area (Å²) < 4.78 is 0. The van der Waals surface area contributed by atoms with Crippen molar-refractivity contribution in [3.05, 3.63) is 75.9 Å². The monoisotopic (exact) mass is 308 g/mol. The molecule has 2 aromatic carbocycles. The lowest BCUT2D eigenvalue weighted by Crippen LogP contribution is -2.29. The molecule has 0 aromatic heterocycles. The van der Waals surface area contributed by atoms with Crippen LogP contribution in [0, 0.1) is 16.0 Å². The predicted molar refractivity (Wildman–Crippen MR) is 87.6 cm³/mol. The Morgan fingerprint density at radius 2 is 2.00 bits per heavy atom. The van der Waals surface area contributed by atoms with Crippen LogP contribution >= 0.6 is 0 Å². The summed E-state index contributed by atoms with van der Waals surface area (Å²) in [7, 11) is 0. The summed E-state index contributed by atoms with van der Waals surface area (Å²) in [4.78, 5) is 10.6. The molecule has 0 bridgehead atoms. The van der Waals surface area contributed by atoms with Gasteiger partial charge in [0.25, 0.3) is 5.69 Å². The summed E-state index contributed by atoms with van der Waals surface area (Å²) in [5.74, 6) is 0.618. The number of non-ortho nitro benzene ring substituents is 1. The maximum Gasteiger partial charge on any atom is 0.270 e. The van der Waals surface area contributed by atoms with Gasteiger partial charge in [0.15, 0.2) is 0 Å². The largest absolute Gasteiger partial charge is 0.508 e. The van der Waals surface area contributed by atoms with Gasteiger partial charge in [-0.3, -0.25) is 10.1 Å². The third-order valence-electron chi connectivity index (χ3n) is 4.83. The third-order valence-corrected chi connectivity index (χ3v) is 4.83. The second-order valence-corrected chi connectivity index (χ2v) is 6.06. The van der Waals surface area contributed by atoms with Gasteiger partial charge in [-0.1, -0.05) is 30.4 Å². The van der Waals surface area contributed by atoms with Gasteiger partial charge >= 0.3 is 0 Å². The highest BCUT2D eigenvalue weighted by Gasteiger charge is 2.39. The van der Waals surface area contributed by atoms with Crippen molar-refractivity contribution >= 4 is 11.4 Å². The van der Waals surface area contributed by atoms with E-state index in [4.69, 9.17) is 0 Å². The van der Waals surface area contributed by atoms with Crippen LogP contribution in [-0.2, 0) is 0 Å². The smallest absolute Gasteiger partial charge is 0.270 e. The number of phenols is 1. The SMILES string of the molecule is O=[N+]([O-])c1ccc(O)c(C2Nc3ccccc3C3C=CCC32)c1. The van der Waals surface area contributed by atoms with E-state index < -0.39 is 4.92 Å². The molecular formula is C18H16N2O3. The number of fused-ring (bicyclic) bond motifs is 3. The zero-order valence-electron chi connectivity index (χ0n) is 12.3. The van der Waals surface area contributed by atoms with Crippen molar-refractivity contribution in [2.75, 3.05) is 5.32 Å². The number of nitro groups is 1. The van der Waals surface area contributed by atoms with Gasteiger partial charge in [-0.25, -0.2) is 0 Å². The zero-order valence-corrected chi connectivity index (χ0v) is 12.3. The molecule has 1 heterocycles. The number of allylic oxidation sites excluding steroid dienone is 2. The van der Waals surface area contributed by atoms with E-state index in [9.17, 15) is 15.2 Å². The first-order valence-electron chi connectivity index (χ1n) is 7.64. The summed E-state index contributed by atoms with van der Waals surface area (Å²) in [5, 5.41) is 24.8. The number of phenolic OH excluding ortho intramolecular Hbond substituents is 1. The first-order chi connectivity index (χ1) is 11.1. The van der Waals surface area contributed by atoms with Crippen LogP contribution in [0.2, 0.25) is 0 Å². The van der Waals surface area contributed by atoms with Crippen LogP contribution < -0.4 is 5.32 Å². The fourth-order valence-electron chi connectivity index (χ4n) is 3.76. The number of nitro benzene ring substituents is 1. The minimum atomic E-state index is -0.426. The Hall–Kier alpha value is -2.82. The van der Waals surface area contributed by atoms with Crippen LogP contribution in [0.3, 0.4) is 0 Å². The number of nitrogens with zero attached hydrogens (tertiary/aromatic N) is 1. The number of rotatable bonds is 2. The zero-order chi connectivity index (χ0) is 16.0. The molecule has 4 rings (SSSR count). The molecule has 0 saturated carbocycles. The van der Waals surface area contributed by atoms with Gasteiger partial charge in [0.1, 0.15) is 5.75 Å². The Morgan fingerprint density at radius 1 is 1.17 bits per heavy atom. The summed E-state index contributed by atoms with van der Waals surface area (Å²) >= 11 is 0. The van der Waals surface area contributed by atoms with Gasteiger partial charge in [0, 0.05) is 29.3 Å². The van der Waals surface area contributed by atoms with E-state index >= 15 is 0 Å². The van der Waals surface area contributed by atoms with Crippen molar-refractivity contribution in [2.45, 2.75) is 18.4 Å². The highest BCUT2D eigenvalue weighted by Crippen LogP contribution is 2.51. The van der Waals surface area contributed by atoms with E-state index in [2.05, 4.69) is 23.5 Å². The first kappa shape index (κ1) is 13.8. The summed E-state index contributed by atoms with van der Waals surface area (Å²) in [6.07, 6.45) is 5.24. The van der Waals surface area contributed by atoms with Crippen LogP contribution in [0.5, 0.6) is 5.75 Å². The number of hydrogen-bond donors (Lipinski definition) is 2. The molecule has 2 aliphatic rings. The van der Waals surface area contributed by atoms with Crippen LogP contribution in [-0.4, -0.2) is 10.0 Å². The number of nitrogens with one attached hydrogen (secondary N) is 1. The van der Waals surface area contributed by atoms with Crippen molar-refractivity contribution in [3.63, 3.8) is 0 Å². The Balaban J connectivity index is 1.81. The van der Waals surface area contributed by atoms with Crippen molar-refractivity contribution < 1.29 is 10.0 Å². The van der Waals surface area contributed by atoms with Gasteiger partial charge in [-0.05, 0) is 30.0 Å². The molecule has 2 aromatic rings. The second-order valence-electron chi connectivity index (χ2n) is 6.06. The number of hydrogen-bond acceptors (Lipinski definition) is 4. The van der Waals surface area contributed by atoms with Gasteiger partial charge in [0.05, 0.1) is 11.0 Å². The molecule has 5 nitrogen and oxygen atoms in total. The Bertz CT molecular complexity index is 816. The number of para-hydroxylation sites is 1. The maximum atomic E-state index is 11.1. The lowest BCUT2D eigenvalue weighted by Gasteiger charge is -2.37. The molecular weight excluding hydrogens is 292 g/mol. The molecule has 116 valence electrons. The molecule has 5 heteroatoms. The van der Waals surface area contributed by atoms with E-state index in [0.29, 0.717) is 5.56 Å². The molecule has 0 saturated heterocycles. The van der Waals surface area contributed by atoms with Crippen LogP contribution in [0.15, 0.2) is 54.6 Å². The fraction of sp³-hybridized carbons (Fsp3) is 0.222. The maximum absolute atomic E-state index is 11.1. The van der Waals surface area contributed by atoms with Crippen LogP contribution in [0.4, 0.5) is 11.4 Å². The number of anilines is 1. The quantitative estimate of drug-likeness (QED) is 0.497. The Kier molecular flexibility index (Phi) is 3.08. The van der Waals surface area contributed by atoms with E-state index in [1.54, 1.807) is 0 Å². The lowest BCUT2D eigenvalue weighted by molar-refractivity contribution is -0.385. The number of aromatic hydroxyl groups is 1. The van der Waals surface area contributed by atoms with E-state index in [1.807, 2.05) is 18.2 Å². The van der Waals surface area contributed by atoms with Crippen molar-refractivity contribution in [2.24, 2.45) is 5.92 Å². The molecule has 23 heavy (non-hydrogen) atoms. The van der Waals surface area contributed by atoms with Crippen LogP contribution in [0.25, 0.3) is 0 Å². The van der Waals surface area contributed by atoms with Crippen molar-refractivity contribution in [1.82, 2.24) is 0 Å². The molecule has 0 spiro atoms. The fourth-order valence-corrected chi connectivity index (χ4v) is 3.76. The molecule has 3 atom stereocenters. The van der Waals surface area contributed by atoms with Crippen LogP contribution in [0.1, 0.15) is 29.5 Å². The van der Waals surface area contributed by atoms with Gasteiger partial charge in [-0.2, -0.15) is 0 Å². The molecule has 0 amide bonds. The summed E-state index contributed by atoms with van der Waals surface area (Å²) in [6.45, 7) is 0. The highest BCUT2D eigenvalue weighted by atomic mass is 16.6. The minimum Gasteiger partial charge on any atom is -0.508 e. The van der Waals surface area contributed by atoms with Gasteiger partial charge < -0.3 is 10.4 Å².